The summed E-state index contributed by atoms with van der Waals surface area (Å²) in [5.41, 5.74) is 7.60. The Morgan fingerprint density at radius 3 is 2.90 bits per heavy atom. The van der Waals surface area contributed by atoms with Crippen LogP contribution in [0.3, 0.4) is 0 Å². The van der Waals surface area contributed by atoms with Gasteiger partial charge in [0.1, 0.15) is 12.1 Å². The number of likely N-dealkylation sites (tertiary alicyclic amines) is 1. The Hall–Kier alpha value is -2.61. The van der Waals surface area contributed by atoms with Gasteiger partial charge in [0.15, 0.2) is 0 Å². The van der Waals surface area contributed by atoms with Crippen molar-refractivity contribution in [3.05, 3.63) is 70.8 Å². The first-order valence-corrected chi connectivity index (χ1v) is 10.7. The monoisotopic (exact) mass is 442 g/mol. The smallest absolute Gasteiger partial charge is 0.244 e. The average Bonchev–Trinajstić information content (AvgIpc) is 3.43. The van der Waals surface area contributed by atoms with Crippen molar-refractivity contribution in [3.63, 3.8) is 0 Å². The molecule has 1 unspecified atom stereocenters. The van der Waals surface area contributed by atoms with Crippen molar-refractivity contribution in [2.75, 3.05) is 13.1 Å². The van der Waals surface area contributed by atoms with Crippen molar-refractivity contribution >= 4 is 17.9 Å². The number of halogens is 2. The van der Waals surface area contributed by atoms with E-state index in [1.807, 2.05) is 12.1 Å². The van der Waals surface area contributed by atoms with Crippen LogP contribution in [0.2, 0.25) is 5.02 Å². The fraction of sp³-hybridized carbons (Fsp3) is 0.348. The molecule has 2 N–H and O–H groups in total. The zero-order valence-corrected chi connectivity index (χ0v) is 17.7. The predicted octanol–water partition coefficient (Wildman–Crippen LogP) is 4.05. The molecule has 31 heavy (non-hydrogen) atoms. The van der Waals surface area contributed by atoms with Crippen LogP contribution in [-0.4, -0.2) is 40.5 Å². The molecule has 2 aromatic carbocycles. The minimum Gasteiger partial charge on any atom is -0.337 e. The van der Waals surface area contributed by atoms with Gasteiger partial charge in [-0.15, -0.1) is 0 Å². The first-order chi connectivity index (χ1) is 15.0. The maximum atomic E-state index is 14.0. The molecule has 1 aromatic heterocycles. The molecule has 6 nitrogen and oxygen atoms in total. The van der Waals surface area contributed by atoms with Crippen LogP contribution in [0, 0.1) is 11.7 Å². The minimum absolute atomic E-state index is 0.0801. The van der Waals surface area contributed by atoms with Crippen LogP contribution >= 0.6 is 11.6 Å². The predicted molar refractivity (Wildman–Crippen MR) is 116 cm³/mol. The first kappa shape index (κ1) is 21.6. The van der Waals surface area contributed by atoms with E-state index in [1.165, 1.54) is 6.07 Å². The lowest BCUT2D eigenvalue weighted by Crippen LogP contribution is -2.41. The molecule has 2 heterocycles. The molecule has 3 atom stereocenters. The maximum Gasteiger partial charge on any atom is 0.244 e. The van der Waals surface area contributed by atoms with Crippen molar-refractivity contribution in [2.45, 2.75) is 31.3 Å². The summed E-state index contributed by atoms with van der Waals surface area (Å²) in [5, 5.41) is 4.70. The van der Waals surface area contributed by atoms with E-state index in [1.54, 1.807) is 30.3 Å². The maximum absolute atomic E-state index is 14.0. The number of hydrogen-bond donors (Lipinski definition) is 1. The SMILES string of the molecule is N[C@H](Cc1ccccc1F)C(C=O)CN1CCC[C@@H]1c1nc(-c2cccc(Cl)c2)no1. The van der Waals surface area contributed by atoms with E-state index in [0.29, 0.717) is 35.3 Å². The summed E-state index contributed by atoms with van der Waals surface area (Å²) in [6, 6.07) is 13.2. The molecule has 8 heteroatoms. The highest BCUT2D eigenvalue weighted by Gasteiger charge is 2.33. The van der Waals surface area contributed by atoms with Crippen LogP contribution < -0.4 is 5.73 Å². The zero-order valence-electron chi connectivity index (χ0n) is 17.0. The topological polar surface area (TPSA) is 85.3 Å². The second kappa shape index (κ2) is 9.68. The molecule has 1 fully saturated rings. The van der Waals surface area contributed by atoms with E-state index in [4.69, 9.17) is 21.9 Å². The Kier molecular flexibility index (Phi) is 6.75. The summed E-state index contributed by atoms with van der Waals surface area (Å²) in [6.45, 7) is 1.26. The van der Waals surface area contributed by atoms with Crippen LogP contribution in [0.4, 0.5) is 4.39 Å². The third-order valence-electron chi connectivity index (χ3n) is 5.76. The summed E-state index contributed by atoms with van der Waals surface area (Å²) in [7, 11) is 0. The first-order valence-electron chi connectivity index (χ1n) is 10.3. The normalized spacial score (nSPS) is 18.7. The molecule has 0 spiro atoms. The van der Waals surface area contributed by atoms with Crippen LogP contribution in [-0.2, 0) is 11.2 Å². The molecule has 0 aliphatic carbocycles. The van der Waals surface area contributed by atoms with E-state index in [9.17, 15) is 9.18 Å². The molecule has 1 saturated heterocycles. The van der Waals surface area contributed by atoms with Gasteiger partial charge in [-0.05, 0) is 49.6 Å². The van der Waals surface area contributed by atoms with Crippen LogP contribution in [0.25, 0.3) is 11.4 Å². The summed E-state index contributed by atoms with van der Waals surface area (Å²) < 4.78 is 19.5. The number of aldehydes is 1. The standard InChI is InChI=1S/C23H24ClFN4O2/c24-18-7-3-6-16(11-18)22-27-23(31-28-22)21-9-4-10-29(21)13-17(14-30)20(26)12-15-5-1-2-8-19(15)25/h1-3,5-8,11,14,17,20-21H,4,9-10,12-13,26H2/t17?,20-,21-/m1/s1. The Balaban J connectivity index is 1.45. The highest BCUT2D eigenvalue weighted by Crippen LogP contribution is 2.33. The molecule has 0 saturated carbocycles. The van der Waals surface area contributed by atoms with Crippen LogP contribution in [0.1, 0.15) is 30.3 Å². The van der Waals surface area contributed by atoms with E-state index in [0.717, 1.165) is 31.2 Å². The second-order valence-corrected chi connectivity index (χ2v) is 8.32. The summed E-state index contributed by atoms with van der Waals surface area (Å²) in [5.74, 6) is 0.254. The fourth-order valence-electron chi connectivity index (χ4n) is 4.06. The third kappa shape index (κ3) is 5.01. The molecule has 0 amide bonds. The van der Waals surface area contributed by atoms with E-state index in [-0.39, 0.29) is 11.9 Å². The van der Waals surface area contributed by atoms with Gasteiger partial charge in [0, 0.05) is 29.1 Å². The average molecular weight is 443 g/mol. The minimum atomic E-state index is -0.486. The lowest BCUT2D eigenvalue weighted by molar-refractivity contribution is -0.112. The Labute approximate surface area is 185 Å². The summed E-state index contributed by atoms with van der Waals surface area (Å²) in [6.07, 6.45) is 2.97. The molecular formula is C23H24ClFN4O2. The Morgan fingerprint density at radius 2 is 2.13 bits per heavy atom. The summed E-state index contributed by atoms with van der Waals surface area (Å²) in [4.78, 5) is 18.5. The lowest BCUT2D eigenvalue weighted by atomic mass is 9.94. The zero-order chi connectivity index (χ0) is 21.8. The number of aromatic nitrogens is 2. The quantitative estimate of drug-likeness (QED) is 0.530. The highest BCUT2D eigenvalue weighted by molar-refractivity contribution is 6.30. The number of nitrogens with zero attached hydrogens (tertiary/aromatic N) is 3. The van der Waals surface area contributed by atoms with Gasteiger partial charge in [0.05, 0.1) is 6.04 Å². The molecule has 1 aliphatic heterocycles. The van der Waals surface area contributed by atoms with E-state index < -0.39 is 12.0 Å². The van der Waals surface area contributed by atoms with Crippen molar-refractivity contribution < 1.29 is 13.7 Å². The van der Waals surface area contributed by atoms with Crippen molar-refractivity contribution in [1.82, 2.24) is 15.0 Å². The van der Waals surface area contributed by atoms with Crippen LogP contribution in [0.15, 0.2) is 53.1 Å². The largest absolute Gasteiger partial charge is 0.337 e. The van der Waals surface area contributed by atoms with Gasteiger partial charge >= 0.3 is 0 Å². The van der Waals surface area contributed by atoms with E-state index in [2.05, 4.69) is 15.0 Å². The van der Waals surface area contributed by atoms with Gasteiger partial charge in [0.2, 0.25) is 11.7 Å². The van der Waals surface area contributed by atoms with Crippen molar-refractivity contribution in [2.24, 2.45) is 11.7 Å². The number of benzene rings is 2. The number of carbonyl (C=O) groups is 1. The number of rotatable bonds is 8. The van der Waals surface area contributed by atoms with Gasteiger partial charge < -0.3 is 15.1 Å². The Bertz CT molecular complexity index is 1040. The Morgan fingerprint density at radius 1 is 1.29 bits per heavy atom. The highest BCUT2D eigenvalue weighted by atomic mass is 35.5. The van der Waals surface area contributed by atoms with Gasteiger partial charge in [-0.1, -0.05) is 47.1 Å². The number of hydrogen-bond acceptors (Lipinski definition) is 6. The van der Waals surface area contributed by atoms with E-state index >= 15 is 0 Å². The van der Waals surface area contributed by atoms with Gasteiger partial charge in [-0.3, -0.25) is 4.90 Å². The van der Waals surface area contributed by atoms with Gasteiger partial charge in [-0.25, -0.2) is 4.39 Å². The molecule has 0 radical (unpaired) electrons. The number of carbonyl (C=O) groups excluding carboxylic acids is 1. The van der Waals surface area contributed by atoms with Gasteiger partial charge in [0.25, 0.3) is 0 Å². The van der Waals surface area contributed by atoms with Crippen molar-refractivity contribution in [3.8, 4) is 11.4 Å². The lowest BCUT2D eigenvalue weighted by Gasteiger charge is -2.27. The molecular weight excluding hydrogens is 419 g/mol. The molecule has 162 valence electrons. The molecule has 1 aliphatic rings. The summed E-state index contributed by atoms with van der Waals surface area (Å²) >= 11 is 6.06. The fourth-order valence-corrected chi connectivity index (χ4v) is 4.25. The number of nitrogens with two attached hydrogens (primary N) is 1. The third-order valence-corrected chi connectivity index (χ3v) is 5.99. The molecule has 3 aromatic rings. The van der Waals surface area contributed by atoms with Crippen LogP contribution in [0.5, 0.6) is 0 Å². The molecule has 0 bridgehead atoms. The van der Waals surface area contributed by atoms with Crippen molar-refractivity contribution in [1.29, 1.82) is 0 Å². The van der Waals surface area contributed by atoms with Gasteiger partial charge in [-0.2, -0.15) is 4.98 Å². The second-order valence-electron chi connectivity index (χ2n) is 7.88. The molecule has 4 rings (SSSR count).